The van der Waals surface area contributed by atoms with Crippen LogP contribution >= 0.6 is 0 Å². The Morgan fingerprint density at radius 1 is 0.568 bits per heavy atom. The Morgan fingerprint density at radius 3 is 1.27 bits per heavy atom. The fourth-order valence-electron chi connectivity index (χ4n) is 5.56. The molecule has 44 heavy (non-hydrogen) atoms. The van der Waals surface area contributed by atoms with Gasteiger partial charge in [0.2, 0.25) is 11.8 Å². The van der Waals surface area contributed by atoms with Crippen molar-refractivity contribution in [1.29, 1.82) is 0 Å². The molecule has 8 nitrogen and oxygen atoms in total. The number of rotatable bonds is 34. The molecule has 2 amide bonds. The lowest BCUT2D eigenvalue weighted by atomic mass is 10.0. The van der Waals surface area contributed by atoms with Gasteiger partial charge < -0.3 is 10.6 Å². The molecule has 9 heteroatoms. The first-order valence-corrected chi connectivity index (χ1v) is 19.9. The SMILES string of the molecule is CCCCCCCCCCCCCCCCCC(=O)NC(COS(=O)(=O)O)C(=O)NCCCCCCCCCCCCCC. The van der Waals surface area contributed by atoms with E-state index in [0.29, 0.717) is 6.54 Å². The molecule has 0 aromatic heterocycles. The van der Waals surface area contributed by atoms with Crippen molar-refractivity contribution in [2.24, 2.45) is 0 Å². The Bertz CT molecular complexity index is 762. The highest BCUT2D eigenvalue weighted by molar-refractivity contribution is 7.80. The number of unbranched alkanes of at least 4 members (excludes halogenated alkanes) is 25. The highest BCUT2D eigenvalue weighted by atomic mass is 32.3. The smallest absolute Gasteiger partial charge is 0.354 e. The highest BCUT2D eigenvalue weighted by Crippen LogP contribution is 2.14. The average Bonchev–Trinajstić information content (AvgIpc) is 2.99. The second-order valence-electron chi connectivity index (χ2n) is 12.7. The highest BCUT2D eigenvalue weighted by Gasteiger charge is 2.23. The van der Waals surface area contributed by atoms with Crippen LogP contribution in [0.3, 0.4) is 0 Å². The molecule has 1 unspecified atom stereocenters. The van der Waals surface area contributed by atoms with Gasteiger partial charge in [-0.05, 0) is 12.8 Å². The first-order chi connectivity index (χ1) is 21.3. The van der Waals surface area contributed by atoms with Crippen LogP contribution in [0.15, 0.2) is 0 Å². The zero-order chi connectivity index (χ0) is 32.6. The van der Waals surface area contributed by atoms with Crippen molar-refractivity contribution in [2.75, 3.05) is 13.2 Å². The van der Waals surface area contributed by atoms with Crippen LogP contribution in [0.1, 0.15) is 194 Å². The van der Waals surface area contributed by atoms with Crippen molar-refractivity contribution >= 4 is 22.2 Å². The number of nitrogens with one attached hydrogen (secondary N) is 2. The van der Waals surface area contributed by atoms with Crippen molar-refractivity contribution in [3.63, 3.8) is 0 Å². The molecule has 0 heterocycles. The van der Waals surface area contributed by atoms with Gasteiger partial charge in [0.25, 0.3) is 0 Å². The first-order valence-electron chi connectivity index (χ1n) is 18.5. The quantitative estimate of drug-likeness (QED) is 0.0473. The lowest BCUT2D eigenvalue weighted by Crippen LogP contribution is -2.49. The molecule has 0 aromatic rings. The van der Waals surface area contributed by atoms with E-state index >= 15 is 0 Å². The molecule has 262 valence electrons. The Kier molecular flexibility index (Phi) is 30.9. The summed E-state index contributed by atoms with van der Waals surface area (Å²) in [6.45, 7) is 4.31. The van der Waals surface area contributed by atoms with Gasteiger partial charge in [-0.2, -0.15) is 8.42 Å². The lowest BCUT2D eigenvalue weighted by Gasteiger charge is -2.18. The third-order valence-corrected chi connectivity index (χ3v) is 8.81. The van der Waals surface area contributed by atoms with E-state index in [1.54, 1.807) is 0 Å². The zero-order valence-electron chi connectivity index (χ0n) is 28.7. The largest absolute Gasteiger partial charge is 0.397 e. The van der Waals surface area contributed by atoms with Gasteiger partial charge in [-0.3, -0.25) is 14.1 Å². The number of hydrogen-bond donors (Lipinski definition) is 3. The fourth-order valence-corrected chi connectivity index (χ4v) is 5.87. The van der Waals surface area contributed by atoms with Gasteiger partial charge in [0.15, 0.2) is 0 Å². The maximum atomic E-state index is 12.6. The van der Waals surface area contributed by atoms with Crippen molar-refractivity contribution in [3.8, 4) is 0 Å². The predicted molar refractivity (Wildman–Crippen MR) is 183 cm³/mol. The van der Waals surface area contributed by atoms with Crippen molar-refractivity contribution in [3.05, 3.63) is 0 Å². The lowest BCUT2D eigenvalue weighted by molar-refractivity contribution is -0.129. The van der Waals surface area contributed by atoms with Crippen LogP contribution in [-0.4, -0.2) is 44.0 Å². The van der Waals surface area contributed by atoms with Crippen molar-refractivity contribution < 1.29 is 26.7 Å². The van der Waals surface area contributed by atoms with Crippen molar-refractivity contribution in [2.45, 2.75) is 200 Å². The minimum Gasteiger partial charge on any atom is -0.354 e. The molecule has 0 spiro atoms. The van der Waals surface area contributed by atoms with Crippen LogP contribution in [0.25, 0.3) is 0 Å². The third kappa shape index (κ3) is 32.2. The standard InChI is InChI=1S/C35H70N2O6S/c1-3-5-7-9-11-13-15-17-18-19-20-22-24-26-28-30-34(38)37-33(32-43-44(40,41)42)35(39)36-31-29-27-25-23-21-16-14-12-10-8-6-4-2/h33H,3-32H2,1-2H3,(H,36,39)(H,37,38)(H,40,41,42). The zero-order valence-corrected chi connectivity index (χ0v) is 29.5. The minimum absolute atomic E-state index is 0.270. The van der Waals surface area contributed by atoms with Gasteiger partial charge in [0.1, 0.15) is 6.04 Å². The molecule has 0 rings (SSSR count). The first kappa shape index (κ1) is 42.8. The minimum atomic E-state index is -4.71. The van der Waals surface area contributed by atoms with E-state index in [0.717, 1.165) is 38.5 Å². The number of hydrogen-bond acceptors (Lipinski definition) is 5. The summed E-state index contributed by atoms with van der Waals surface area (Å²) in [5.41, 5.74) is 0. The summed E-state index contributed by atoms with van der Waals surface area (Å²) >= 11 is 0. The Labute approximate surface area is 272 Å². The average molecular weight is 647 g/mol. The summed E-state index contributed by atoms with van der Waals surface area (Å²) in [5, 5.41) is 5.36. The number of amides is 2. The molecule has 0 saturated carbocycles. The summed E-state index contributed by atoms with van der Waals surface area (Å²) in [6.07, 6.45) is 33.6. The fraction of sp³-hybridized carbons (Fsp3) is 0.943. The van der Waals surface area contributed by atoms with Gasteiger partial charge in [-0.25, -0.2) is 4.18 Å². The number of carbonyl (C=O) groups is 2. The van der Waals surface area contributed by atoms with E-state index < -0.39 is 29.0 Å². The Morgan fingerprint density at radius 2 is 0.909 bits per heavy atom. The molecule has 0 aliphatic heterocycles. The van der Waals surface area contributed by atoms with Crippen LogP contribution in [0.4, 0.5) is 0 Å². The normalized spacial score (nSPS) is 12.3. The van der Waals surface area contributed by atoms with Crippen LogP contribution in [0.5, 0.6) is 0 Å². The molecule has 0 saturated heterocycles. The van der Waals surface area contributed by atoms with Crippen LogP contribution in [0.2, 0.25) is 0 Å². The second kappa shape index (κ2) is 31.8. The summed E-state index contributed by atoms with van der Waals surface area (Å²) in [7, 11) is -4.71. The summed E-state index contributed by atoms with van der Waals surface area (Å²) < 4.78 is 35.4. The van der Waals surface area contributed by atoms with Crippen molar-refractivity contribution in [1.82, 2.24) is 10.6 Å². The molecule has 0 aromatic carbocycles. The molecule has 1 atom stereocenters. The van der Waals surface area contributed by atoms with Gasteiger partial charge in [-0.15, -0.1) is 0 Å². The van der Waals surface area contributed by atoms with Gasteiger partial charge in [-0.1, -0.05) is 174 Å². The third-order valence-electron chi connectivity index (χ3n) is 8.37. The molecule has 0 radical (unpaired) electrons. The van der Waals surface area contributed by atoms with E-state index in [-0.39, 0.29) is 12.3 Å². The second-order valence-corrected chi connectivity index (χ2v) is 13.8. The monoisotopic (exact) mass is 646 g/mol. The predicted octanol–water partition coefficient (Wildman–Crippen LogP) is 9.37. The van der Waals surface area contributed by atoms with Crippen LogP contribution < -0.4 is 10.6 Å². The van der Waals surface area contributed by atoms with Crippen LogP contribution in [-0.2, 0) is 24.2 Å². The summed E-state index contributed by atoms with van der Waals surface area (Å²) in [6, 6.07) is -1.17. The molecule has 3 N–H and O–H groups in total. The molecule has 0 bridgehead atoms. The summed E-state index contributed by atoms with van der Waals surface area (Å²) in [4.78, 5) is 25.1. The Hall–Kier alpha value is -1.19. The van der Waals surface area contributed by atoms with Crippen LogP contribution in [0, 0.1) is 0 Å². The Balaban J connectivity index is 3.95. The van der Waals surface area contributed by atoms with Gasteiger partial charge >= 0.3 is 10.4 Å². The van der Waals surface area contributed by atoms with Gasteiger partial charge in [0.05, 0.1) is 6.61 Å². The topological polar surface area (TPSA) is 122 Å². The van der Waals surface area contributed by atoms with E-state index in [1.165, 1.54) is 135 Å². The maximum Gasteiger partial charge on any atom is 0.397 e. The maximum absolute atomic E-state index is 12.6. The summed E-state index contributed by atoms with van der Waals surface area (Å²) in [5.74, 6) is -0.814. The van der Waals surface area contributed by atoms with Gasteiger partial charge in [0, 0.05) is 13.0 Å². The van der Waals surface area contributed by atoms with E-state index in [1.807, 2.05) is 0 Å². The molecular formula is C35H70N2O6S. The molecular weight excluding hydrogens is 576 g/mol. The van der Waals surface area contributed by atoms with E-state index in [9.17, 15) is 18.0 Å². The molecule has 0 aliphatic rings. The molecule has 0 aliphatic carbocycles. The van der Waals surface area contributed by atoms with E-state index in [2.05, 4.69) is 28.7 Å². The molecule has 0 fully saturated rings. The number of carbonyl (C=O) groups excluding carboxylic acids is 2. The van der Waals surface area contributed by atoms with E-state index in [4.69, 9.17) is 4.55 Å².